The van der Waals surface area contributed by atoms with Crippen molar-refractivity contribution in [2.75, 3.05) is 11.4 Å². The minimum Gasteiger partial charge on any atom is -0.463 e. The van der Waals surface area contributed by atoms with Crippen LogP contribution < -0.4 is 4.90 Å². The Labute approximate surface area is 127 Å². The number of hydrogen-bond donors (Lipinski definition) is 0. The third-order valence-electron chi connectivity index (χ3n) is 2.90. The van der Waals surface area contributed by atoms with Crippen LogP contribution in [0, 0.1) is 0 Å². The summed E-state index contributed by atoms with van der Waals surface area (Å²) in [6, 6.07) is 3.00. The van der Waals surface area contributed by atoms with E-state index in [9.17, 15) is 18.0 Å². The van der Waals surface area contributed by atoms with Gasteiger partial charge in [-0.15, -0.1) is 0 Å². The number of allylic oxidation sites excluding steroid dienone is 2. The van der Waals surface area contributed by atoms with Crippen molar-refractivity contribution in [3.8, 4) is 11.5 Å². The molecule has 3 heterocycles. The van der Waals surface area contributed by atoms with Crippen molar-refractivity contribution in [3.05, 3.63) is 47.7 Å². The minimum atomic E-state index is -4.96. The molecule has 0 N–H and O–H groups in total. The summed E-state index contributed by atoms with van der Waals surface area (Å²) in [7, 11) is 0. The van der Waals surface area contributed by atoms with E-state index < -0.39 is 16.8 Å². The Bertz CT molecular complexity index is 745. The van der Waals surface area contributed by atoms with Gasteiger partial charge in [0.15, 0.2) is 10.9 Å². The van der Waals surface area contributed by atoms with Crippen molar-refractivity contribution < 1.29 is 22.4 Å². The summed E-state index contributed by atoms with van der Waals surface area (Å²) in [4.78, 5) is 17.0. The molecule has 0 unspecified atom stereocenters. The summed E-state index contributed by atoms with van der Waals surface area (Å²) in [6.07, 6.45) is 3.44. The summed E-state index contributed by atoms with van der Waals surface area (Å²) in [5, 5.41) is 0.305. The summed E-state index contributed by atoms with van der Waals surface area (Å²) in [5.74, 6) is -1.79. The zero-order chi connectivity index (χ0) is 15.7. The van der Waals surface area contributed by atoms with E-state index >= 15 is 0 Å². The number of halogens is 3. The third-order valence-corrected chi connectivity index (χ3v) is 3.99. The van der Waals surface area contributed by atoms with Gasteiger partial charge in [-0.25, -0.2) is 4.98 Å². The molecule has 8 heteroatoms. The second kappa shape index (κ2) is 5.45. The maximum atomic E-state index is 12.8. The lowest BCUT2D eigenvalue weighted by Gasteiger charge is -2.16. The lowest BCUT2D eigenvalue weighted by atomic mass is 10.2. The molecule has 3 rings (SSSR count). The molecule has 22 heavy (non-hydrogen) atoms. The number of carbonyl (C=O) groups excluding carboxylic acids is 1. The van der Waals surface area contributed by atoms with Crippen LogP contribution in [-0.4, -0.2) is 23.5 Å². The zero-order valence-electron chi connectivity index (χ0n) is 11.0. The largest absolute Gasteiger partial charge is 0.463 e. The number of thiazole rings is 1. The maximum absolute atomic E-state index is 12.8. The highest BCUT2D eigenvalue weighted by atomic mass is 32.1. The van der Waals surface area contributed by atoms with Crippen LogP contribution >= 0.6 is 11.3 Å². The van der Waals surface area contributed by atoms with Gasteiger partial charge in [-0.05, 0) is 18.2 Å². The molecule has 2 aromatic rings. The molecule has 0 aromatic carbocycles. The molecular weight excluding hydrogens is 317 g/mol. The van der Waals surface area contributed by atoms with Crippen LogP contribution in [0.15, 0.2) is 47.2 Å². The van der Waals surface area contributed by atoms with E-state index in [4.69, 9.17) is 4.42 Å². The molecular formula is C14H9F3N2O2S. The fraction of sp³-hybridized carbons (Fsp3) is 0.143. The smallest absolute Gasteiger partial charge is 0.455 e. The molecule has 1 aliphatic rings. The van der Waals surface area contributed by atoms with Crippen molar-refractivity contribution in [2.45, 2.75) is 6.18 Å². The SMILES string of the molecule is O=C(c1sc(N2C=CC=CC2)nc1-c1ccco1)C(F)(F)F. The Hall–Kier alpha value is -2.35. The van der Waals surface area contributed by atoms with Crippen LogP contribution in [0.25, 0.3) is 11.5 Å². The van der Waals surface area contributed by atoms with Crippen molar-refractivity contribution in [3.63, 3.8) is 0 Å². The molecule has 0 radical (unpaired) electrons. The Balaban J connectivity index is 2.07. The number of anilines is 1. The molecule has 0 aliphatic carbocycles. The summed E-state index contributed by atoms with van der Waals surface area (Å²) in [6.45, 7) is 0.473. The van der Waals surface area contributed by atoms with Gasteiger partial charge in [-0.3, -0.25) is 4.79 Å². The lowest BCUT2D eigenvalue weighted by molar-refractivity contribution is -0.0882. The van der Waals surface area contributed by atoms with Crippen molar-refractivity contribution >= 4 is 22.3 Å². The van der Waals surface area contributed by atoms with Gasteiger partial charge in [0.1, 0.15) is 10.6 Å². The first kappa shape index (κ1) is 14.6. The van der Waals surface area contributed by atoms with Crippen molar-refractivity contribution in [1.29, 1.82) is 0 Å². The second-order valence-electron chi connectivity index (χ2n) is 4.40. The topological polar surface area (TPSA) is 46.3 Å². The first-order valence-electron chi connectivity index (χ1n) is 6.23. The maximum Gasteiger partial charge on any atom is 0.455 e. The Morgan fingerprint density at radius 1 is 1.36 bits per heavy atom. The van der Waals surface area contributed by atoms with E-state index in [1.807, 2.05) is 12.2 Å². The zero-order valence-corrected chi connectivity index (χ0v) is 11.8. The molecule has 0 bridgehead atoms. The number of Topliss-reactive ketones (excluding diaryl/α,β-unsaturated/α-hetero) is 1. The van der Waals surface area contributed by atoms with Gasteiger partial charge < -0.3 is 9.32 Å². The van der Waals surface area contributed by atoms with Crippen LogP contribution in [0.3, 0.4) is 0 Å². The first-order valence-corrected chi connectivity index (χ1v) is 7.04. The summed E-state index contributed by atoms with van der Waals surface area (Å²) >= 11 is 0.699. The van der Waals surface area contributed by atoms with Gasteiger partial charge in [0.2, 0.25) is 0 Å². The fourth-order valence-corrected chi connectivity index (χ4v) is 2.93. The number of aromatic nitrogens is 1. The number of rotatable bonds is 3. The van der Waals surface area contributed by atoms with Crippen LogP contribution in [0.4, 0.5) is 18.3 Å². The highest BCUT2D eigenvalue weighted by molar-refractivity contribution is 7.18. The number of ketones is 1. The second-order valence-corrected chi connectivity index (χ2v) is 5.38. The molecule has 114 valence electrons. The van der Waals surface area contributed by atoms with E-state index in [1.54, 1.807) is 17.2 Å². The van der Waals surface area contributed by atoms with E-state index in [1.165, 1.54) is 18.4 Å². The number of alkyl halides is 3. The van der Waals surface area contributed by atoms with E-state index in [-0.39, 0.29) is 11.5 Å². The van der Waals surface area contributed by atoms with Gasteiger partial charge in [0.25, 0.3) is 5.78 Å². The number of hydrogen-bond acceptors (Lipinski definition) is 5. The summed E-state index contributed by atoms with van der Waals surface area (Å²) in [5.41, 5.74) is -0.0877. The van der Waals surface area contributed by atoms with Gasteiger partial charge >= 0.3 is 6.18 Å². The Kier molecular flexibility index (Phi) is 3.61. The van der Waals surface area contributed by atoms with Gasteiger partial charge in [-0.1, -0.05) is 23.5 Å². The molecule has 4 nitrogen and oxygen atoms in total. The molecule has 1 aliphatic heterocycles. The molecule has 0 saturated carbocycles. The van der Waals surface area contributed by atoms with Crippen LogP contribution in [-0.2, 0) is 0 Å². The van der Waals surface area contributed by atoms with Crippen LogP contribution in [0.1, 0.15) is 9.67 Å². The first-order chi connectivity index (χ1) is 10.5. The molecule has 0 atom stereocenters. The van der Waals surface area contributed by atoms with Crippen LogP contribution in [0.5, 0.6) is 0 Å². The highest BCUT2D eigenvalue weighted by Gasteiger charge is 2.43. The number of furan rings is 1. The van der Waals surface area contributed by atoms with Gasteiger partial charge in [-0.2, -0.15) is 13.2 Å². The van der Waals surface area contributed by atoms with E-state index in [0.717, 1.165) is 0 Å². The monoisotopic (exact) mass is 326 g/mol. The minimum absolute atomic E-state index is 0.0877. The van der Waals surface area contributed by atoms with E-state index in [0.29, 0.717) is 23.0 Å². The summed E-state index contributed by atoms with van der Waals surface area (Å²) < 4.78 is 43.4. The molecule has 0 saturated heterocycles. The fourth-order valence-electron chi connectivity index (χ4n) is 1.90. The standard InChI is InChI=1S/C14H9F3N2O2S/c15-14(16,17)12(20)11-10(9-5-4-8-21-9)18-13(22-11)19-6-2-1-3-7-19/h1-6,8H,7H2. The number of nitrogens with zero attached hydrogens (tertiary/aromatic N) is 2. The average Bonchev–Trinajstić information content (AvgIpc) is 3.15. The molecule has 2 aromatic heterocycles. The predicted molar refractivity (Wildman–Crippen MR) is 75.8 cm³/mol. The predicted octanol–water partition coefficient (Wildman–Crippen LogP) is 4.04. The highest BCUT2D eigenvalue weighted by Crippen LogP contribution is 2.37. The lowest BCUT2D eigenvalue weighted by Crippen LogP contribution is -2.22. The van der Waals surface area contributed by atoms with Crippen molar-refractivity contribution in [2.24, 2.45) is 0 Å². The molecule has 0 spiro atoms. The average molecular weight is 326 g/mol. The van der Waals surface area contributed by atoms with Crippen LogP contribution in [0.2, 0.25) is 0 Å². The normalized spacial score (nSPS) is 14.6. The quantitative estimate of drug-likeness (QED) is 0.799. The molecule has 0 amide bonds. The van der Waals surface area contributed by atoms with Gasteiger partial charge in [0, 0.05) is 12.7 Å². The van der Waals surface area contributed by atoms with E-state index in [2.05, 4.69) is 4.98 Å². The molecule has 0 fully saturated rings. The third kappa shape index (κ3) is 2.69. The Morgan fingerprint density at radius 3 is 2.77 bits per heavy atom. The number of carbonyl (C=O) groups is 1. The van der Waals surface area contributed by atoms with Gasteiger partial charge in [0.05, 0.1) is 6.26 Å². The van der Waals surface area contributed by atoms with Crippen molar-refractivity contribution in [1.82, 2.24) is 4.98 Å². The Morgan fingerprint density at radius 2 is 2.18 bits per heavy atom.